The molecule has 1 aliphatic rings. The molecule has 0 amide bonds. The summed E-state index contributed by atoms with van der Waals surface area (Å²) < 4.78 is 10.7. The number of fused-ring (bicyclic) bond motifs is 1. The van der Waals surface area contributed by atoms with Crippen molar-refractivity contribution in [1.29, 1.82) is 0 Å². The normalized spacial score (nSPS) is 12.9. The molecule has 0 N–H and O–H groups in total. The number of nitrogens with zero attached hydrogens (tertiary/aromatic N) is 1. The maximum Gasteiger partial charge on any atom is 1.00 e. The number of rotatable bonds is 4. The van der Waals surface area contributed by atoms with Crippen molar-refractivity contribution in [3.05, 3.63) is 53.1 Å². The SMILES string of the molecule is CC(C)c1cccc(C(C)C)c1N=Cc1[c-]c2c(cc1)OCO2.[Li+]. The van der Waals surface area contributed by atoms with E-state index in [0.717, 1.165) is 17.0 Å². The van der Waals surface area contributed by atoms with Gasteiger partial charge in [0.15, 0.2) is 0 Å². The minimum atomic E-state index is 0. The Morgan fingerprint density at radius 3 is 2.29 bits per heavy atom. The fourth-order valence-electron chi connectivity index (χ4n) is 2.72. The summed E-state index contributed by atoms with van der Waals surface area (Å²) in [5, 5.41) is 0. The second-order valence-corrected chi connectivity index (χ2v) is 6.37. The molecule has 0 spiro atoms. The predicted molar refractivity (Wildman–Crippen MR) is 93.3 cm³/mol. The topological polar surface area (TPSA) is 30.8 Å². The van der Waals surface area contributed by atoms with Gasteiger partial charge in [-0.05, 0) is 29.2 Å². The van der Waals surface area contributed by atoms with Crippen LogP contribution in [0.3, 0.4) is 0 Å². The van der Waals surface area contributed by atoms with Crippen molar-refractivity contribution >= 4 is 11.9 Å². The van der Waals surface area contributed by atoms with E-state index in [0.29, 0.717) is 17.6 Å². The fraction of sp³-hybridized carbons (Fsp3) is 0.350. The van der Waals surface area contributed by atoms with Crippen molar-refractivity contribution < 1.29 is 28.3 Å². The number of para-hydroxylation sites is 1. The third-order valence-electron chi connectivity index (χ3n) is 3.99. The monoisotopic (exact) mass is 315 g/mol. The first-order valence-electron chi connectivity index (χ1n) is 8.05. The summed E-state index contributed by atoms with van der Waals surface area (Å²) >= 11 is 0. The first-order chi connectivity index (χ1) is 11.1. The van der Waals surface area contributed by atoms with E-state index in [1.54, 1.807) is 0 Å². The van der Waals surface area contributed by atoms with Gasteiger partial charge in [-0.15, -0.1) is 17.7 Å². The molecule has 0 bridgehead atoms. The van der Waals surface area contributed by atoms with Crippen molar-refractivity contribution in [3.63, 3.8) is 0 Å². The smallest absolute Gasteiger partial charge is 0.500 e. The number of benzene rings is 2. The Kier molecular flexibility index (Phi) is 6.15. The van der Waals surface area contributed by atoms with E-state index in [2.05, 4.69) is 52.0 Å². The van der Waals surface area contributed by atoms with E-state index >= 15 is 0 Å². The molecule has 0 aliphatic carbocycles. The molecule has 3 rings (SSSR count). The van der Waals surface area contributed by atoms with Crippen LogP contribution >= 0.6 is 0 Å². The van der Waals surface area contributed by atoms with Crippen LogP contribution in [-0.4, -0.2) is 13.0 Å². The van der Waals surface area contributed by atoms with Gasteiger partial charge in [0.1, 0.15) is 0 Å². The van der Waals surface area contributed by atoms with Gasteiger partial charge >= 0.3 is 18.9 Å². The first-order valence-corrected chi connectivity index (χ1v) is 8.05. The molecule has 0 aromatic heterocycles. The van der Waals surface area contributed by atoms with E-state index < -0.39 is 0 Å². The predicted octanol–water partition coefficient (Wildman–Crippen LogP) is 2.22. The van der Waals surface area contributed by atoms with Crippen molar-refractivity contribution in [2.45, 2.75) is 39.5 Å². The van der Waals surface area contributed by atoms with Crippen LogP contribution in [0, 0.1) is 6.07 Å². The Hall–Kier alpha value is -1.69. The molecule has 3 nitrogen and oxygen atoms in total. The van der Waals surface area contributed by atoms with E-state index in [-0.39, 0.29) is 25.7 Å². The van der Waals surface area contributed by atoms with Crippen LogP contribution in [0.4, 0.5) is 5.69 Å². The fourth-order valence-corrected chi connectivity index (χ4v) is 2.72. The second kappa shape index (κ2) is 7.92. The van der Waals surface area contributed by atoms with Crippen molar-refractivity contribution in [2.24, 2.45) is 4.99 Å². The average Bonchev–Trinajstić information content (AvgIpc) is 2.99. The maximum absolute atomic E-state index is 5.38. The third kappa shape index (κ3) is 3.86. The molecule has 1 heterocycles. The Balaban J connectivity index is 0.00000208. The Morgan fingerprint density at radius 1 is 1.00 bits per heavy atom. The molecule has 0 unspecified atom stereocenters. The van der Waals surface area contributed by atoms with Crippen molar-refractivity contribution in [1.82, 2.24) is 0 Å². The zero-order valence-electron chi connectivity index (χ0n) is 15.1. The van der Waals surface area contributed by atoms with Gasteiger partial charge in [-0.1, -0.05) is 52.0 Å². The quantitative estimate of drug-likeness (QED) is 0.492. The molecule has 2 aromatic carbocycles. The summed E-state index contributed by atoms with van der Waals surface area (Å²) in [6, 6.07) is 13.5. The van der Waals surface area contributed by atoms with Gasteiger partial charge in [0.05, 0.1) is 17.2 Å². The van der Waals surface area contributed by atoms with Gasteiger partial charge in [0.25, 0.3) is 0 Å². The van der Waals surface area contributed by atoms with Gasteiger partial charge in [0, 0.05) is 0 Å². The Morgan fingerprint density at radius 2 is 1.67 bits per heavy atom. The number of aliphatic imine (C=N–C) groups is 1. The van der Waals surface area contributed by atoms with Crippen LogP contribution < -0.4 is 28.3 Å². The van der Waals surface area contributed by atoms with E-state index in [4.69, 9.17) is 14.5 Å². The third-order valence-corrected chi connectivity index (χ3v) is 3.99. The summed E-state index contributed by atoms with van der Waals surface area (Å²) in [6.45, 7) is 9.06. The zero-order valence-corrected chi connectivity index (χ0v) is 15.1. The van der Waals surface area contributed by atoms with Crippen molar-refractivity contribution in [2.75, 3.05) is 6.79 Å². The van der Waals surface area contributed by atoms with Crippen LogP contribution in [0.5, 0.6) is 11.5 Å². The van der Waals surface area contributed by atoms with Crippen LogP contribution in [0.25, 0.3) is 0 Å². The molecule has 0 fully saturated rings. The molecule has 1 aliphatic heterocycles. The molecular weight excluding hydrogens is 293 g/mol. The minimum Gasteiger partial charge on any atom is -0.500 e. The van der Waals surface area contributed by atoms with Crippen LogP contribution in [0.15, 0.2) is 35.3 Å². The summed E-state index contributed by atoms with van der Waals surface area (Å²) in [6.07, 6.45) is 1.86. The molecule has 24 heavy (non-hydrogen) atoms. The second-order valence-electron chi connectivity index (χ2n) is 6.37. The minimum absolute atomic E-state index is 0. The molecule has 120 valence electrons. The van der Waals surface area contributed by atoms with Gasteiger partial charge in [-0.3, -0.25) is 0 Å². The van der Waals surface area contributed by atoms with Gasteiger partial charge in [0.2, 0.25) is 6.79 Å². The van der Waals surface area contributed by atoms with E-state index in [1.165, 1.54) is 11.1 Å². The largest absolute Gasteiger partial charge is 1.00 e. The molecule has 2 aromatic rings. The number of hydrogen-bond donors (Lipinski definition) is 0. The first kappa shape index (κ1) is 18.6. The molecule has 4 heteroatoms. The summed E-state index contributed by atoms with van der Waals surface area (Å²) in [7, 11) is 0. The molecule has 0 saturated heterocycles. The summed E-state index contributed by atoms with van der Waals surface area (Å²) in [4.78, 5) is 4.79. The maximum atomic E-state index is 5.38. The standard InChI is InChI=1S/C20H22NO2.Li/c1-13(2)16-6-5-7-17(14(3)4)20(16)21-11-15-8-9-18-19(10-15)23-12-22-18;/h5-9,11,13-14H,12H2,1-4H3;/q-1;+1. The van der Waals surface area contributed by atoms with Crippen LogP contribution in [0.2, 0.25) is 0 Å². The number of ether oxygens (including phenoxy) is 2. The molecule has 0 radical (unpaired) electrons. The Bertz CT molecular complexity index is 712. The molecular formula is C20H22LiNO2. The molecule has 0 atom stereocenters. The van der Waals surface area contributed by atoms with Crippen LogP contribution in [-0.2, 0) is 0 Å². The average molecular weight is 315 g/mol. The van der Waals surface area contributed by atoms with E-state index in [1.807, 2.05) is 18.3 Å². The summed E-state index contributed by atoms with van der Waals surface area (Å²) in [5.74, 6) is 2.27. The summed E-state index contributed by atoms with van der Waals surface area (Å²) in [5.41, 5.74) is 4.51. The van der Waals surface area contributed by atoms with Gasteiger partial charge in [-0.2, -0.15) is 0 Å². The Labute approximate surface area is 156 Å². The van der Waals surface area contributed by atoms with Gasteiger partial charge < -0.3 is 14.5 Å². The number of hydrogen-bond acceptors (Lipinski definition) is 3. The zero-order chi connectivity index (χ0) is 16.4. The van der Waals surface area contributed by atoms with E-state index in [9.17, 15) is 0 Å². The van der Waals surface area contributed by atoms with Gasteiger partial charge in [-0.25, -0.2) is 0 Å². The van der Waals surface area contributed by atoms with Crippen LogP contribution in [0.1, 0.15) is 56.2 Å². The van der Waals surface area contributed by atoms with Crippen molar-refractivity contribution in [3.8, 4) is 11.5 Å². The molecule has 0 saturated carbocycles.